The van der Waals surface area contributed by atoms with Gasteiger partial charge in [0.2, 0.25) is 0 Å². The lowest BCUT2D eigenvalue weighted by molar-refractivity contribution is 0.0952. The Morgan fingerprint density at radius 2 is 2.08 bits per heavy atom. The van der Waals surface area contributed by atoms with E-state index < -0.39 is 17.5 Å². The summed E-state index contributed by atoms with van der Waals surface area (Å²) in [5, 5.41) is 3.21. The van der Waals surface area contributed by atoms with Gasteiger partial charge in [-0.15, -0.1) is 11.3 Å². The van der Waals surface area contributed by atoms with Crippen LogP contribution >= 0.6 is 22.9 Å². The Kier molecular flexibility index (Phi) is 4.69. The number of carbonyl (C=O) groups is 1. The van der Waals surface area contributed by atoms with Crippen molar-refractivity contribution >= 4 is 38.9 Å². The molecule has 2 aromatic carbocycles. The van der Waals surface area contributed by atoms with Crippen molar-refractivity contribution in [1.29, 1.82) is 0 Å². The Hall–Kier alpha value is -2.18. The van der Waals surface area contributed by atoms with Crippen molar-refractivity contribution in [2.75, 3.05) is 7.11 Å². The lowest BCUT2D eigenvalue weighted by Crippen LogP contribution is -2.22. The third-order valence-corrected chi connectivity index (χ3v) is 4.97. The molecule has 1 N–H and O–H groups in total. The molecule has 0 bridgehead atoms. The highest BCUT2D eigenvalue weighted by Gasteiger charge is 2.21. The lowest BCUT2D eigenvalue weighted by Gasteiger charge is -2.07. The molecule has 0 saturated carbocycles. The number of methoxy groups -OCH3 is 1. The van der Waals surface area contributed by atoms with Crippen LogP contribution in [0.2, 0.25) is 5.02 Å². The van der Waals surface area contributed by atoms with E-state index >= 15 is 0 Å². The van der Waals surface area contributed by atoms with E-state index in [1.165, 1.54) is 31.4 Å². The average molecular weight is 368 g/mol. The average Bonchev–Trinajstić information content (AvgIpc) is 2.94. The molecular weight excluding hydrogens is 356 g/mol. The number of amides is 1. The van der Waals surface area contributed by atoms with Crippen LogP contribution in [-0.2, 0) is 6.54 Å². The lowest BCUT2D eigenvalue weighted by atomic mass is 10.2. The molecule has 0 aliphatic heterocycles. The van der Waals surface area contributed by atoms with Gasteiger partial charge in [-0.1, -0.05) is 23.7 Å². The molecule has 0 aliphatic rings. The van der Waals surface area contributed by atoms with Gasteiger partial charge in [-0.3, -0.25) is 4.79 Å². The molecule has 3 rings (SSSR count). The molecule has 0 atom stereocenters. The predicted molar refractivity (Wildman–Crippen MR) is 90.9 cm³/mol. The predicted octanol–water partition coefficient (Wildman–Crippen LogP) is 4.77. The fraction of sp³-hybridized carbons (Fsp3) is 0.118. The second-order valence-corrected chi connectivity index (χ2v) is 6.46. The zero-order chi connectivity index (χ0) is 17.3. The van der Waals surface area contributed by atoms with Crippen molar-refractivity contribution in [3.8, 4) is 5.75 Å². The number of fused-ring (bicyclic) bond motifs is 1. The summed E-state index contributed by atoms with van der Waals surface area (Å²) in [5.74, 6) is -1.10. The topological polar surface area (TPSA) is 38.3 Å². The van der Waals surface area contributed by atoms with Gasteiger partial charge in [0.1, 0.15) is 16.5 Å². The number of halogens is 3. The summed E-state index contributed by atoms with van der Waals surface area (Å²) in [5.41, 5.74) is 0.581. The van der Waals surface area contributed by atoms with Crippen LogP contribution in [0.1, 0.15) is 15.2 Å². The molecule has 1 heterocycles. The van der Waals surface area contributed by atoms with Crippen molar-refractivity contribution in [1.82, 2.24) is 5.32 Å². The van der Waals surface area contributed by atoms with Gasteiger partial charge in [0.25, 0.3) is 5.91 Å². The Bertz CT molecular complexity index is 926. The number of ether oxygens (including phenoxy) is 1. The summed E-state index contributed by atoms with van der Waals surface area (Å²) in [7, 11) is 1.39. The monoisotopic (exact) mass is 367 g/mol. The van der Waals surface area contributed by atoms with Crippen LogP contribution in [0.15, 0.2) is 36.4 Å². The molecule has 124 valence electrons. The van der Waals surface area contributed by atoms with Crippen LogP contribution in [0, 0.1) is 11.6 Å². The second-order valence-electron chi connectivity index (χ2n) is 5.00. The molecule has 7 heteroatoms. The van der Waals surface area contributed by atoms with Crippen molar-refractivity contribution in [3.05, 3.63) is 63.5 Å². The van der Waals surface area contributed by atoms with E-state index in [4.69, 9.17) is 16.3 Å². The first-order valence-corrected chi connectivity index (χ1v) is 8.18. The largest absolute Gasteiger partial charge is 0.494 e. The van der Waals surface area contributed by atoms with Gasteiger partial charge >= 0.3 is 0 Å². The number of benzene rings is 2. The number of rotatable bonds is 4. The smallest absolute Gasteiger partial charge is 0.265 e. The van der Waals surface area contributed by atoms with Gasteiger partial charge in [-0.25, -0.2) is 8.78 Å². The van der Waals surface area contributed by atoms with Gasteiger partial charge in [-0.05, 0) is 29.8 Å². The summed E-state index contributed by atoms with van der Waals surface area (Å²) < 4.78 is 32.9. The minimum Gasteiger partial charge on any atom is -0.494 e. The van der Waals surface area contributed by atoms with Gasteiger partial charge in [0.15, 0.2) is 5.75 Å². The first-order valence-electron chi connectivity index (χ1n) is 6.98. The Balaban J connectivity index is 1.87. The Labute approximate surface area is 145 Å². The van der Waals surface area contributed by atoms with E-state index in [1.807, 2.05) is 0 Å². The normalized spacial score (nSPS) is 10.8. The number of carbonyl (C=O) groups excluding carboxylic acids is 1. The third-order valence-electron chi connectivity index (χ3n) is 3.49. The fourth-order valence-corrected chi connectivity index (χ4v) is 3.68. The summed E-state index contributed by atoms with van der Waals surface area (Å²) >= 11 is 7.08. The third kappa shape index (κ3) is 3.07. The number of hydrogen-bond acceptors (Lipinski definition) is 3. The van der Waals surface area contributed by atoms with Crippen LogP contribution in [0.4, 0.5) is 8.78 Å². The minimum atomic E-state index is -0.447. The highest BCUT2D eigenvalue weighted by atomic mass is 35.5. The van der Waals surface area contributed by atoms with E-state index in [9.17, 15) is 13.6 Å². The second kappa shape index (κ2) is 6.75. The van der Waals surface area contributed by atoms with Crippen LogP contribution < -0.4 is 10.1 Å². The first-order chi connectivity index (χ1) is 11.5. The van der Waals surface area contributed by atoms with E-state index in [2.05, 4.69) is 5.32 Å². The summed E-state index contributed by atoms with van der Waals surface area (Å²) in [4.78, 5) is 12.7. The van der Waals surface area contributed by atoms with Crippen LogP contribution in [0.5, 0.6) is 5.75 Å². The van der Waals surface area contributed by atoms with Crippen LogP contribution in [0.25, 0.3) is 10.1 Å². The zero-order valence-corrected chi connectivity index (χ0v) is 14.1. The number of nitrogens with one attached hydrogen (secondary N) is 1. The first kappa shape index (κ1) is 16.7. The van der Waals surface area contributed by atoms with Gasteiger partial charge in [0, 0.05) is 16.3 Å². The maximum atomic E-state index is 14.0. The maximum absolute atomic E-state index is 14.0. The zero-order valence-electron chi connectivity index (χ0n) is 12.5. The minimum absolute atomic E-state index is 0.123. The molecule has 0 spiro atoms. The maximum Gasteiger partial charge on any atom is 0.265 e. The summed E-state index contributed by atoms with van der Waals surface area (Å²) in [6.07, 6.45) is 0. The summed E-state index contributed by atoms with van der Waals surface area (Å²) in [6, 6.07) is 8.56. The van der Waals surface area contributed by atoms with Crippen LogP contribution in [0.3, 0.4) is 0 Å². The molecule has 0 fully saturated rings. The van der Waals surface area contributed by atoms with Crippen molar-refractivity contribution in [2.24, 2.45) is 0 Å². The van der Waals surface area contributed by atoms with Crippen molar-refractivity contribution in [2.45, 2.75) is 6.54 Å². The van der Waals surface area contributed by atoms with E-state index in [1.54, 1.807) is 12.1 Å². The van der Waals surface area contributed by atoms with Crippen molar-refractivity contribution < 1.29 is 18.3 Å². The van der Waals surface area contributed by atoms with E-state index in [0.717, 1.165) is 11.3 Å². The molecule has 3 aromatic rings. The van der Waals surface area contributed by atoms with E-state index in [-0.39, 0.29) is 27.6 Å². The highest BCUT2D eigenvalue weighted by molar-refractivity contribution is 7.21. The molecule has 3 nitrogen and oxygen atoms in total. The molecule has 0 aliphatic carbocycles. The van der Waals surface area contributed by atoms with Crippen molar-refractivity contribution in [3.63, 3.8) is 0 Å². The molecule has 0 saturated heterocycles. The number of hydrogen-bond donors (Lipinski definition) is 1. The highest BCUT2D eigenvalue weighted by Crippen LogP contribution is 2.39. The molecule has 0 unspecified atom stereocenters. The van der Waals surface area contributed by atoms with Crippen LogP contribution in [-0.4, -0.2) is 13.0 Å². The standard InChI is InChI=1S/C17H12ClF2NO2S/c1-23-15-14-12(20)3-2-4-13(14)24-16(15)17(22)21-8-9-5-6-10(19)7-11(9)18/h2-7H,8H2,1H3,(H,21,22). The van der Waals surface area contributed by atoms with E-state index in [0.29, 0.717) is 10.3 Å². The SMILES string of the molecule is COc1c(C(=O)NCc2ccc(F)cc2Cl)sc2cccc(F)c12. The quantitative estimate of drug-likeness (QED) is 0.721. The molecule has 1 amide bonds. The van der Waals surface area contributed by atoms with Gasteiger partial charge < -0.3 is 10.1 Å². The molecule has 0 radical (unpaired) electrons. The fourth-order valence-electron chi connectivity index (χ4n) is 2.34. The number of thiophene rings is 1. The molecule has 1 aromatic heterocycles. The molecular formula is C17H12ClF2NO2S. The summed E-state index contributed by atoms with van der Waals surface area (Å²) in [6.45, 7) is 0.123. The van der Waals surface area contributed by atoms with Gasteiger partial charge in [0.05, 0.1) is 12.5 Å². The Morgan fingerprint density at radius 3 is 2.79 bits per heavy atom. The Morgan fingerprint density at radius 1 is 1.29 bits per heavy atom. The van der Waals surface area contributed by atoms with Gasteiger partial charge in [-0.2, -0.15) is 0 Å². The molecule has 24 heavy (non-hydrogen) atoms.